The van der Waals surface area contributed by atoms with Crippen LogP contribution < -0.4 is 5.32 Å². The van der Waals surface area contributed by atoms with Gasteiger partial charge in [0.25, 0.3) is 0 Å². The number of nitrogens with one attached hydrogen (secondary N) is 1. The van der Waals surface area contributed by atoms with E-state index in [-0.39, 0.29) is 11.9 Å². The first-order valence-corrected chi connectivity index (χ1v) is 8.93. The number of carbonyl (C=O) groups is 2. The summed E-state index contributed by atoms with van der Waals surface area (Å²) in [5.74, 6) is -0.0746. The van der Waals surface area contributed by atoms with Crippen LogP contribution in [0, 0.1) is 0 Å². The van der Waals surface area contributed by atoms with E-state index in [1.54, 1.807) is 35.9 Å². The second-order valence-electron chi connectivity index (χ2n) is 6.62. The lowest BCUT2D eigenvalue weighted by atomic mass is 10.1. The van der Waals surface area contributed by atoms with Gasteiger partial charge in [0.1, 0.15) is 6.04 Å². The van der Waals surface area contributed by atoms with Crippen LogP contribution in [0.2, 0.25) is 5.02 Å². The van der Waals surface area contributed by atoms with Gasteiger partial charge in [0, 0.05) is 31.7 Å². The first-order valence-electron chi connectivity index (χ1n) is 8.55. The molecule has 0 saturated carbocycles. The molecule has 0 spiro atoms. The van der Waals surface area contributed by atoms with Gasteiger partial charge in [0.15, 0.2) is 0 Å². The molecule has 26 heavy (non-hydrogen) atoms. The van der Waals surface area contributed by atoms with Crippen LogP contribution in [0.3, 0.4) is 0 Å². The molecule has 1 N–H and O–H groups in total. The summed E-state index contributed by atoms with van der Waals surface area (Å²) in [6.07, 6.45) is 0. The molecule has 0 saturated heterocycles. The summed E-state index contributed by atoms with van der Waals surface area (Å²) < 4.78 is 0. The number of nitrogens with zero attached hydrogens (tertiary/aromatic N) is 2. The summed E-state index contributed by atoms with van der Waals surface area (Å²) in [6, 6.07) is 14.5. The molecule has 0 unspecified atom stereocenters. The monoisotopic (exact) mass is 371 g/mol. The van der Waals surface area contributed by atoms with Crippen LogP contribution in [-0.4, -0.2) is 34.8 Å². The van der Waals surface area contributed by atoms with Gasteiger partial charge in [-0.1, -0.05) is 48.0 Å². The number of urea groups is 1. The van der Waals surface area contributed by atoms with Crippen LogP contribution >= 0.6 is 11.6 Å². The molecule has 1 heterocycles. The summed E-state index contributed by atoms with van der Waals surface area (Å²) in [7, 11) is 1.70. The Kier molecular flexibility index (Phi) is 5.47. The van der Waals surface area contributed by atoms with Crippen molar-refractivity contribution in [3.05, 3.63) is 70.2 Å². The number of fused-ring (bicyclic) bond motifs is 1. The van der Waals surface area contributed by atoms with Gasteiger partial charge >= 0.3 is 6.03 Å². The SMILES string of the molecule is C[C@H](NC(=O)N(C)Cc1ccc(Cl)cc1)C(=O)N1Cc2ccccc2C1. The predicted octanol–water partition coefficient (Wildman–Crippen LogP) is 3.41. The number of carbonyl (C=O) groups excluding carboxylic acids is 2. The molecule has 1 atom stereocenters. The quantitative estimate of drug-likeness (QED) is 0.895. The summed E-state index contributed by atoms with van der Waals surface area (Å²) in [6.45, 7) is 3.35. The van der Waals surface area contributed by atoms with Gasteiger partial charge in [-0.2, -0.15) is 0 Å². The Labute approximate surface area is 158 Å². The molecule has 1 aliphatic rings. The lowest BCUT2D eigenvalue weighted by Gasteiger charge is -2.24. The first-order chi connectivity index (χ1) is 12.4. The van der Waals surface area contributed by atoms with E-state index in [0.29, 0.717) is 24.7 Å². The Bertz CT molecular complexity index is 782. The van der Waals surface area contributed by atoms with Crippen molar-refractivity contribution in [2.45, 2.75) is 32.6 Å². The summed E-state index contributed by atoms with van der Waals surface area (Å²) in [5, 5.41) is 3.44. The van der Waals surface area contributed by atoms with Crippen LogP contribution in [0.1, 0.15) is 23.6 Å². The fourth-order valence-corrected chi connectivity index (χ4v) is 3.18. The van der Waals surface area contributed by atoms with E-state index in [4.69, 9.17) is 11.6 Å². The maximum absolute atomic E-state index is 12.6. The first kappa shape index (κ1) is 18.3. The predicted molar refractivity (Wildman–Crippen MR) is 102 cm³/mol. The van der Waals surface area contributed by atoms with E-state index < -0.39 is 6.04 Å². The largest absolute Gasteiger partial charge is 0.332 e. The summed E-state index contributed by atoms with van der Waals surface area (Å²) in [5.41, 5.74) is 3.31. The van der Waals surface area contributed by atoms with Crippen molar-refractivity contribution in [3.63, 3.8) is 0 Å². The van der Waals surface area contributed by atoms with Gasteiger partial charge in [-0.15, -0.1) is 0 Å². The highest BCUT2D eigenvalue weighted by Crippen LogP contribution is 2.22. The van der Waals surface area contributed by atoms with Crippen LogP contribution in [-0.2, 0) is 24.4 Å². The average molecular weight is 372 g/mol. The average Bonchev–Trinajstić information content (AvgIpc) is 3.06. The van der Waals surface area contributed by atoms with Gasteiger partial charge in [-0.25, -0.2) is 4.79 Å². The van der Waals surface area contributed by atoms with E-state index in [1.807, 2.05) is 36.4 Å². The van der Waals surface area contributed by atoms with Gasteiger partial charge in [0.05, 0.1) is 0 Å². The molecule has 3 rings (SSSR count). The maximum atomic E-state index is 12.6. The van der Waals surface area contributed by atoms with Gasteiger partial charge < -0.3 is 15.1 Å². The van der Waals surface area contributed by atoms with Crippen molar-refractivity contribution in [1.82, 2.24) is 15.1 Å². The second kappa shape index (κ2) is 7.79. The van der Waals surface area contributed by atoms with E-state index in [9.17, 15) is 9.59 Å². The minimum absolute atomic E-state index is 0.0746. The number of rotatable bonds is 4. The maximum Gasteiger partial charge on any atom is 0.318 e. The molecule has 5 nitrogen and oxygen atoms in total. The molecule has 136 valence electrons. The molecule has 0 aliphatic carbocycles. The Balaban J connectivity index is 1.53. The number of amides is 3. The van der Waals surface area contributed by atoms with Crippen LogP contribution in [0.5, 0.6) is 0 Å². The lowest BCUT2D eigenvalue weighted by Crippen LogP contribution is -2.48. The third kappa shape index (κ3) is 4.17. The number of halogens is 1. The van der Waals surface area contributed by atoms with Gasteiger partial charge in [0.2, 0.25) is 5.91 Å². The van der Waals surface area contributed by atoms with E-state index in [0.717, 1.165) is 5.56 Å². The zero-order valence-corrected chi connectivity index (χ0v) is 15.7. The third-order valence-electron chi connectivity index (χ3n) is 4.54. The Morgan fingerprint density at radius 2 is 1.69 bits per heavy atom. The fraction of sp³-hybridized carbons (Fsp3) is 0.300. The van der Waals surface area contributed by atoms with Crippen molar-refractivity contribution >= 4 is 23.5 Å². The standard InChI is InChI=1S/C20H22ClN3O2/c1-14(19(25)24-12-16-5-3-4-6-17(16)13-24)22-20(26)23(2)11-15-7-9-18(21)10-8-15/h3-10,14H,11-13H2,1-2H3,(H,22,26)/t14-/m0/s1. The normalized spacial score (nSPS) is 13.9. The van der Waals surface area contributed by atoms with E-state index in [1.165, 1.54) is 11.1 Å². The number of benzene rings is 2. The third-order valence-corrected chi connectivity index (χ3v) is 4.79. The van der Waals surface area contributed by atoms with Crippen molar-refractivity contribution in [2.75, 3.05) is 7.05 Å². The zero-order valence-electron chi connectivity index (χ0n) is 14.9. The molecule has 0 aromatic heterocycles. The highest BCUT2D eigenvalue weighted by atomic mass is 35.5. The molecule has 6 heteroatoms. The number of hydrogen-bond acceptors (Lipinski definition) is 2. The minimum Gasteiger partial charge on any atom is -0.332 e. The summed E-state index contributed by atoms with van der Waals surface area (Å²) in [4.78, 5) is 28.3. The van der Waals surface area contributed by atoms with Gasteiger partial charge in [-0.05, 0) is 35.7 Å². The molecule has 0 radical (unpaired) electrons. The Morgan fingerprint density at radius 1 is 1.12 bits per heavy atom. The highest BCUT2D eigenvalue weighted by Gasteiger charge is 2.27. The van der Waals surface area contributed by atoms with Gasteiger partial charge in [-0.3, -0.25) is 4.79 Å². The van der Waals surface area contributed by atoms with Crippen molar-refractivity contribution in [1.29, 1.82) is 0 Å². The van der Waals surface area contributed by atoms with Crippen molar-refractivity contribution in [2.24, 2.45) is 0 Å². The molecule has 0 fully saturated rings. The topological polar surface area (TPSA) is 52.7 Å². The molecule has 3 amide bonds. The lowest BCUT2D eigenvalue weighted by molar-refractivity contribution is -0.133. The fourth-order valence-electron chi connectivity index (χ4n) is 3.06. The second-order valence-corrected chi connectivity index (χ2v) is 7.05. The van der Waals surface area contributed by atoms with Crippen LogP contribution in [0.15, 0.2) is 48.5 Å². The van der Waals surface area contributed by atoms with Crippen molar-refractivity contribution in [3.8, 4) is 0 Å². The molecule has 0 bridgehead atoms. The number of hydrogen-bond donors (Lipinski definition) is 1. The smallest absolute Gasteiger partial charge is 0.318 e. The molecule has 2 aromatic rings. The zero-order chi connectivity index (χ0) is 18.7. The van der Waals surface area contributed by atoms with Crippen molar-refractivity contribution < 1.29 is 9.59 Å². The Hall–Kier alpha value is -2.53. The molecule has 2 aromatic carbocycles. The molecular weight excluding hydrogens is 350 g/mol. The van der Waals surface area contributed by atoms with E-state index >= 15 is 0 Å². The molecule has 1 aliphatic heterocycles. The van der Waals surface area contributed by atoms with Crippen LogP contribution in [0.4, 0.5) is 4.79 Å². The van der Waals surface area contributed by atoms with Crippen LogP contribution in [0.25, 0.3) is 0 Å². The van der Waals surface area contributed by atoms with E-state index in [2.05, 4.69) is 5.32 Å². The summed E-state index contributed by atoms with van der Waals surface area (Å²) >= 11 is 5.88. The minimum atomic E-state index is -0.579. The Morgan fingerprint density at radius 3 is 2.27 bits per heavy atom. The molecular formula is C20H22ClN3O2. The highest BCUT2D eigenvalue weighted by molar-refractivity contribution is 6.30.